The first-order chi connectivity index (χ1) is 13.9. The van der Waals surface area contributed by atoms with Gasteiger partial charge in [0.1, 0.15) is 0 Å². The van der Waals surface area contributed by atoms with Crippen LogP contribution in [0.3, 0.4) is 0 Å². The van der Waals surface area contributed by atoms with Gasteiger partial charge >= 0.3 is 0 Å². The second-order valence-corrected chi connectivity index (χ2v) is 8.26. The lowest BCUT2D eigenvalue weighted by Crippen LogP contribution is -2.45. The van der Waals surface area contributed by atoms with Gasteiger partial charge in [-0.25, -0.2) is 0 Å². The van der Waals surface area contributed by atoms with Crippen LogP contribution in [0, 0.1) is 0 Å². The van der Waals surface area contributed by atoms with E-state index in [-0.39, 0.29) is 16.9 Å². The third kappa shape index (κ3) is 4.91. The molecule has 1 aliphatic rings. The Labute approximate surface area is 173 Å². The number of carbonyl (C=O) groups excluding carboxylic acids is 1. The zero-order valence-corrected chi connectivity index (χ0v) is 17.8. The molecular formula is C24H31NO4. The second-order valence-electron chi connectivity index (χ2n) is 8.26. The fourth-order valence-electron chi connectivity index (χ4n) is 4.37. The van der Waals surface area contributed by atoms with Crippen molar-refractivity contribution in [2.75, 3.05) is 27.4 Å². The van der Waals surface area contributed by atoms with E-state index in [0.29, 0.717) is 23.6 Å². The molecule has 0 aromatic heterocycles. The zero-order chi connectivity index (χ0) is 20.9. The van der Waals surface area contributed by atoms with Crippen molar-refractivity contribution in [1.82, 2.24) is 5.32 Å². The van der Waals surface area contributed by atoms with Crippen molar-refractivity contribution in [1.29, 1.82) is 0 Å². The van der Waals surface area contributed by atoms with Gasteiger partial charge in [0.15, 0.2) is 11.5 Å². The topological polar surface area (TPSA) is 56.8 Å². The fraction of sp³-hybridized carbons (Fsp3) is 0.458. The summed E-state index contributed by atoms with van der Waals surface area (Å²) >= 11 is 0. The summed E-state index contributed by atoms with van der Waals surface area (Å²) in [5, 5.41) is 3.08. The largest absolute Gasteiger partial charge is 0.493 e. The van der Waals surface area contributed by atoms with E-state index < -0.39 is 0 Å². The van der Waals surface area contributed by atoms with Crippen LogP contribution in [0.1, 0.15) is 49.0 Å². The summed E-state index contributed by atoms with van der Waals surface area (Å²) in [6.45, 7) is 5.61. The standard InChI is InChI=1S/C24H31NO4/c1-23(2)17-24(13-15-29-23,19-8-6-5-7-9-19)12-14-25-22(26)18-10-11-20(27-3)21(16-18)28-4/h5-11,16H,12-15,17H2,1-4H3,(H,25,26). The maximum absolute atomic E-state index is 12.7. The molecule has 0 bridgehead atoms. The Morgan fingerprint density at radius 3 is 2.45 bits per heavy atom. The van der Waals surface area contributed by atoms with E-state index in [4.69, 9.17) is 14.2 Å². The summed E-state index contributed by atoms with van der Waals surface area (Å²) < 4.78 is 16.5. The molecule has 3 rings (SSSR count). The van der Waals surface area contributed by atoms with Gasteiger partial charge in [-0.05, 0) is 56.9 Å². The van der Waals surface area contributed by atoms with Gasteiger partial charge in [0.05, 0.1) is 19.8 Å². The Kier molecular flexibility index (Phi) is 6.48. The third-order valence-electron chi connectivity index (χ3n) is 5.76. The van der Waals surface area contributed by atoms with Crippen LogP contribution in [-0.2, 0) is 10.2 Å². The van der Waals surface area contributed by atoms with Gasteiger partial charge in [-0.2, -0.15) is 0 Å². The summed E-state index contributed by atoms with van der Waals surface area (Å²) in [7, 11) is 3.14. The maximum atomic E-state index is 12.7. The number of benzene rings is 2. The molecule has 29 heavy (non-hydrogen) atoms. The van der Waals surface area contributed by atoms with Crippen molar-refractivity contribution in [2.45, 2.75) is 44.1 Å². The Morgan fingerprint density at radius 2 is 1.79 bits per heavy atom. The average Bonchev–Trinajstić information content (AvgIpc) is 2.73. The van der Waals surface area contributed by atoms with Gasteiger partial charge < -0.3 is 19.5 Å². The third-order valence-corrected chi connectivity index (χ3v) is 5.76. The van der Waals surface area contributed by atoms with Crippen molar-refractivity contribution in [3.63, 3.8) is 0 Å². The second kappa shape index (κ2) is 8.87. The maximum Gasteiger partial charge on any atom is 0.251 e. The minimum atomic E-state index is -0.179. The molecular weight excluding hydrogens is 366 g/mol. The molecule has 1 fully saturated rings. The van der Waals surface area contributed by atoms with E-state index in [9.17, 15) is 4.79 Å². The summed E-state index contributed by atoms with van der Waals surface area (Å²) in [5.41, 5.74) is 1.69. The van der Waals surface area contributed by atoms with Gasteiger partial charge in [0.25, 0.3) is 5.91 Å². The van der Waals surface area contributed by atoms with Gasteiger partial charge in [-0.3, -0.25) is 4.79 Å². The van der Waals surface area contributed by atoms with Gasteiger partial charge in [-0.1, -0.05) is 30.3 Å². The number of carbonyl (C=O) groups is 1. The number of amides is 1. The van der Waals surface area contributed by atoms with Crippen LogP contribution in [0.25, 0.3) is 0 Å². The number of nitrogens with one attached hydrogen (secondary N) is 1. The Hall–Kier alpha value is -2.53. The first kappa shape index (κ1) is 21.2. The molecule has 1 amide bonds. The van der Waals surface area contributed by atoms with E-state index in [1.54, 1.807) is 32.4 Å². The van der Waals surface area contributed by atoms with Crippen LogP contribution in [0.5, 0.6) is 11.5 Å². The highest BCUT2D eigenvalue weighted by Crippen LogP contribution is 2.43. The fourth-order valence-corrected chi connectivity index (χ4v) is 4.37. The number of rotatable bonds is 7. The van der Waals surface area contributed by atoms with Crippen LogP contribution < -0.4 is 14.8 Å². The predicted molar refractivity (Wildman–Crippen MR) is 114 cm³/mol. The molecule has 0 spiro atoms. The van der Waals surface area contributed by atoms with Crippen molar-refractivity contribution in [3.05, 3.63) is 59.7 Å². The smallest absolute Gasteiger partial charge is 0.251 e. The lowest BCUT2D eigenvalue weighted by molar-refractivity contribution is -0.0838. The molecule has 5 nitrogen and oxygen atoms in total. The molecule has 2 aromatic rings. The van der Waals surface area contributed by atoms with E-state index in [1.165, 1.54) is 5.56 Å². The molecule has 2 aromatic carbocycles. The van der Waals surface area contributed by atoms with E-state index >= 15 is 0 Å². The summed E-state index contributed by atoms with van der Waals surface area (Å²) in [6.07, 6.45) is 2.74. The SMILES string of the molecule is COc1ccc(C(=O)NCCC2(c3ccccc3)CCOC(C)(C)C2)cc1OC. The lowest BCUT2D eigenvalue weighted by Gasteiger charge is -2.45. The monoisotopic (exact) mass is 397 g/mol. The molecule has 5 heteroatoms. The van der Waals surface area contributed by atoms with Gasteiger partial charge in [0, 0.05) is 24.1 Å². The van der Waals surface area contributed by atoms with Crippen LogP contribution in [-0.4, -0.2) is 38.9 Å². The van der Waals surface area contributed by atoms with Crippen LogP contribution >= 0.6 is 0 Å². The van der Waals surface area contributed by atoms with Crippen molar-refractivity contribution >= 4 is 5.91 Å². The average molecular weight is 398 g/mol. The normalized spacial score (nSPS) is 20.7. The van der Waals surface area contributed by atoms with E-state index in [0.717, 1.165) is 25.9 Å². The Balaban J connectivity index is 1.71. The number of ether oxygens (including phenoxy) is 3. The summed E-state index contributed by atoms with van der Waals surface area (Å²) in [6, 6.07) is 15.8. The zero-order valence-electron chi connectivity index (χ0n) is 17.8. The van der Waals surface area contributed by atoms with Crippen molar-refractivity contribution in [3.8, 4) is 11.5 Å². The highest BCUT2D eigenvalue weighted by atomic mass is 16.5. The van der Waals surface area contributed by atoms with Gasteiger partial charge in [0.2, 0.25) is 0 Å². The Morgan fingerprint density at radius 1 is 1.07 bits per heavy atom. The predicted octanol–water partition coefficient (Wildman–Crippen LogP) is 4.35. The van der Waals surface area contributed by atoms with Crippen LogP contribution in [0.4, 0.5) is 0 Å². The van der Waals surface area contributed by atoms with Crippen LogP contribution in [0.2, 0.25) is 0 Å². The number of hydrogen-bond donors (Lipinski definition) is 1. The first-order valence-electron chi connectivity index (χ1n) is 10.1. The molecule has 1 saturated heterocycles. The molecule has 1 atom stereocenters. The molecule has 0 radical (unpaired) electrons. The van der Waals surface area contributed by atoms with Crippen molar-refractivity contribution < 1.29 is 19.0 Å². The molecule has 1 aliphatic heterocycles. The molecule has 0 aliphatic carbocycles. The number of methoxy groups -OCH3 is 2. The van der Waals surface area contributed by atoms with Crippen LogP contribution in [0.15, 0.2) is 48.5 Å². The quantitative estimate of drug-likeness (QED) is 0.755. The molecule has 156 valence electrons. The van der Waals surface area contributed by atoms with E-state index in [1.807, 2.05) is 6.07 Å². The van der Waals surface area contributed by atoms with Gasteiger partial charge in [-0.15, -0.1) is 0 Å². The molecule has 1 N–H and O–H groups in total. The lowest BCUT2D eigenvalue weighted by atomic mass is 9.67. The highest BCUT2D eigenvalue weighted by molar-refractivity contribution is 5.94. The first-order valence-corrected chi connectivity index (χ1v) is 10.1. The minimum Gasteiger partial charge on any atom is -0.493 e. The highest BCUT2D eigenvalue weighted by Gasteiger charge is 2.41. The van der Waals surface area contributed by atoms with E-state index in [2.05, 4.69) is 43.4 Å². The summed E-state index contributed by atoms with van der Waals surface area (Å²) in [4.78, 5) is 12.7. The molecule has 1 unspecified atom stereocenters. The minimum absolute atomic E-state index is 0.00606. The Bertz CT molecular complexity index is 834. The summed E-state index contributed by atoms with van der Waals surface area (Å²) in [5.74, 6) is 1.05. The number of hydrogen-bond acceptors (Lipinski definition) is 4. The molecule has 1 heterocycles. The molecule has 0 saturated carbocycles. The van der Waals surface area contributed by atoms with Crippen molar-refractivity contribution in [2.24, 2.45) is 0 Å².